The predicted octanol–water partition coefficient (Wildman–Crippen LogP) is 4.84. The number of rotatable bonds is 10. The Balaban J connectivity index is 1.42. The van der Waals surface area contributed by atoms with E-state index in [4.69, 9.17) is 23.4 Å². The number of nitrogens with one attached hydrogen (secondary N) is 3. The molecule has 0 saturated carbocycles. The highest BCUT2D eigenvalue weighted by Gasteiger charge is 2.22. The topological polar surface area (TPSA) is 150 Å². The van der Waals surface area contributed by atoms with Crippen LogP contribution in [0, 0.1) is 0 Å². The molecule has 12 nitrogen and oxygen atoms in total. The Bertz CT molecular complexity index is 1510. The fourth-order valence-corrected chi connectivity index (χ4v) is 3.82. The summed E-state index contributed by atoms with van der Waals surface area (Å²) in [5.41, 5.74) is 1.86. The molecule has 0 fully saturated rings. The Morgan fingerprint density at radius 2 is 1.35 bits per heavy atom. The zero-order chi connectivity index (χ0) is 28.6. The fourth-order valence-electron chi connectivity index (χ4n) is 3.82. The van der Waals surface area contributed by atoms with Crippen molar-refractivity contribution in [3.05, 3.63) is 72.8 Å². The summed E-state index contributed by atoms with van der Waals surface area (Å²) >= 11 is 0. The standard InChI is InChI=1S/C28H26N4O8/c1-36-21-13-19(8-9-20(21)24-14-29-15-40-24)32-28(35)31-18-7-5-6-17(12-18)30-27(34)25(33)16-10-22(37-2)26(39-4)23(11-16)38-3/h5-15H,1-4H3,(H,30,34)(H2,31,32,35). The largest absolute Gasteiger partial charge is 0.496 e. The Hall–Kier alpha value is -5.52. The van der Waals surface area contributed by atoms with Crippen LogP contribution in [0.1, 0.15) is 10.4 Å². The van der Waals surface area contributed by atoms with Gasteiger partial charge in [-0.05, 0) is 42.5 Å². The lowest BCUT2D eigenvalue weighted by Crippen LogP contribution is -2.23. The zero-order valence-corrected chi connectivity index (χ0v) is 22.1. The van der Waals surface area contributed by atoms with Crippen LogP contribution in [0.3, 0.4) is 0 Å². The quantitative estimate of drug-likeness (QED) is 0.187. The van der Waals surface area contributed by atoms with Gasteiger partial charge in [-0.15, -0.1) is 0 Å². The lowest BCUT2D eigenvalue weighted by atomic mass is 10.1. The summed E-state index contributed by atoms with van der Waals surface area (Å²) in [5.74, 6) is 0.0588. The van der Waals surface area contributed by atoms with Gasteiger partial charge in [0.2, 0.25) is 5.75 Å². The molecule has 0 radical (unpaired) electrons. The molecule has 1 heterocycles. The van der Waals surface area contributed by atoms with E-state index in [1.807, 2.05) is 0 Å². The van der Waals surface area contributed by atoms with E-state index < -0.39 is 17.7 Å². The molecule has 1 aromatic heterocycles. The van der Waals surface area contributed by atoms with Crippen molar-refractivity contribution in [3.8, 4) is 34.3 Å². The number of carbonyl (C=O) groups excluding carboxylic acids is 3. The summed E-state index contributed by atoms with van der Waals surface area (Å²) in [6, 6.07) is 13.6. The van der Waals surface area contributed by atoms with Crippen molar-refractivity contribution < 1.29 is 37.7 Å². The van der Waals surface area contributed by atoms with Crippen molar-refractivity contribution in [3.63, 3.8) is 0 Å². The van der Waals surface area contributed by atoms with Crippen LogP contribution < -0.4 is 34.9 Å². The SMILES string of the molecule is COc1cc(NC(=O)Nc2cccc(NC(=O)C(=O)c3cc(OC)c(OC)c(OC)c3)c2)ccc1-c1cnco1. The highest BCUT2D eigenvalue weighted by atomic mass is 16.5. The van der Waals surface area contributed by atoms with Gasteiger partial charge >= 0.3 is 6.03 Å². The molecule has 3 N–H and O–H groups in total. The number of methoxy groups -OCH3 is 4. The van der Waals surface area contributed by atoms with Gasteiger partial charge in [0.05, 0.1) is 40.2 Å². The first kappa shape index (κ1) is 27.5. The zero-order valence-electron chi connectivity index (χ0n) is 22.1. The molecule has 40 heavy (non-hydrogen) atoms. The van der Waals surface area contributed by atoms with E-state index in [1.165, 1.54) is 53.0 Å². The summed E-state index contributed by atoms with van der Waals surface area (Å²) in [5, 5.41) is 7.94. The number of Topliss-reactive ketones (excluding diaryl/α,β-unsaturated/α-hetero) is 1. The monoisotopic (exact) mass is 546 g/mol. The summed E-state index contributed by atoms with van der Waals surface area (Å²) < 4.78 is 26.5. The third-order valence-electron chi connectivity index (χ3n) is 5.67. The smallest absolute Gasteiger partial charge is 0.323 e. The highest BCUT2D eigenvalue weighted by molar-refractivity contribution is 6.46. The van der Waals surface area contributed by atoms with E-state index in [2.05, 4.69) is 20.9 Å². The first-order valence-corrected chi connectivity index (χ1v) is 11.8. The molecule has 4 aromatic rings. The van der Waals surface area contributed by atoms with Crippen molar-refractivity contribution in [1.82, 2.24) is 4.98 Å². The number of oxazole rings is 1. The maximum atomic E-state index is 12.8. The van der Waals surface area contributed by atoms with Crippen molar-refractivity contribution >= 4 is 34.8 Å². The fraction of sp³-hybridized carbons (Fsp3) is 0.143. The molecule has 4 rings (SSSR count). The van der Waals surface area contributed by atoms with Gasteiger partial charge in [0.25, 0.3) is 11.7 Å². The number of amides is 3. The lowest BCUT2D eigenvalue weighted by Gasteiger charge is -2.14. The Morgan fingerprint density at radius 3 is 1.93 bits per heavy atom. The Kier molecular flexibility index (Phi) is 8.49. The number of nitrogens with zero attached hydrogens (tertiary/aromatic N) is 1. The number of carbonyl (C=O) groups is 3. The molecule has 0 saturated heterocycles. The second-order valence-electron chi connectivity index (χ2n) is 8.14. The number of urea groups is 1. The molecular formula is C28H26N4O8. The second-order valence-corrected chi connectivity index (χ2v) is 8.14. The minimum absolute atomic E-state index is 0.0467. The molecule has 0 aliphatic heterocycles. The van der Waals surface area contributed by atoms with Gasteiger partial charge in [-0.25, -0.2) is 9.78 Å². The van der Waals surface area contributed by atoms with Crippen LogP contribution >= 0.6 is 0 Å². The van der Waals surface area contributed by atoms with E-state index in [1.54, 1.807) is 42.6 Å². The first-order chi connectivity index (χ1) is 19.4. The van der Waals surface area contributed by atoms with Crippen LogP contribution in [-0.2, 0) is 4.79 Å². The maximum Gasteiger partial charge on any atom is 0.323 e. The number of ether oxygens (including phenoxy) is 4. The van der Waals surface area contributed by atoms with Gasteiger partial charge in [-0.3, -0.25) is 9.59 Å². The minimum atomic E-state index is -0.894. The normalized spacial score (nSPS) is 10.3. The van der Waals surface area contributed by atoms with Gasteiger partial charge < -0.3 is 39.3 Å². The molecular weight excluding hydrogens is 520 g/mol. The molecule has 206 valence electrons. The van der Waals surface area contributed by atoms with Crippen molar-refractivity contribution in [2.45, 2.75) is 0 Å². The lowest BCUT2D eigenvalue weighted by molar-refractivity contribution is -0.112. The Morgan fingerprint density at radius 1 is 0.725 bits per heavy atom. The summed E-state index contributed by atoms with van der Waals surface area (Å²) in [7, 11) is 5.75. The molecule has 0 aliphatic rings. The molecule has 0 unspecified atom stereocenters. The molecule has 0 bridgehead atoms. The highest BCUT2D eigenvalue weighted by Crippen LogP contribution is 2.38. The van der Waals surface area contributed by atoms with Gasteiger partial charge in [0.15, 0.2) is 23.7 Å². The molecule has 0 spiro atoms. The van der Waals surface area contributed by atoms with E-state index in [-0.39, 0.29) is 17.1 Å². The van der Waals surface area contributed by atoms with Crippen LogP contribution in [0.5, 0.6) is 23.0 Å². The van der Waals surface area contributed by atoms with E-state index in [0.717, 1.165) is 0 Å². The summed E-state index contributed by atoms with van der Waals surface area (Å²) in [4.78, 5) is 42.1. The summed E-state index contributed by atoms with van der Waals surface area (Å²) in [6.07, 6.45) is 2.87. The van der Waals surface area contributed by atoms with E-state index in [9.17, 15) is 14.4 Å². The van der Waals surface area contributed by atoms with Crippen LogP contribution in [0.4, 0.5) is 21.9 Å². The van der Waals surface area contributed by atoms with Gasteiger partial charge in [-0.2, -0.15) is 0 Å². The molecule has 3 aromatic carbocycles. The van der Waals surface area contributed by atoms with Crippen LogP contribution in [0.25, 0.3) is 11.3 Å². The van der Waals surface area contributed by atoms with Crippen molar-refractivity contribution in [2.24, 2.45) is 0 Å². The van der Waals surface area contributed by atoms with E-state index in [0.29, 0.717) is 39.9 Å². The third-order valence-corrected chi connectivity index (χ3v) is 5.67. The average Bonchev–Trinajstić information content (AvgIpc) is 3.50. The number of ketones is 1. The average molecular weight is 547 g/mol. The summed E-state index contributed by atoms with van der Waals surface area (Å²) in [6.45, 7) is 0. The molecule has 3 amide bonds. The van der Waals surface area contributed by atoms with Gasteiger partial charge in [-0.1, -0.05) is 6.07 Å². The van der Waals surface area contributed by atoms with Crippen LogP contribution in [-0.4, -0.2) is 51.1 Å². The number of hydrogen-bond acceptors (Lipinski definition) is 9. The number of hydrogen-bond donors (Lipinski definition) is 3. The van der Waals surface area contributed by atoms with Gasteiger partial charge in [0.1, 0.15) is 5.75 Å². The minimum Gasteiger partial charge on any atom is -0.496 e. The van der Waals surface area contributed by atoms with Gasteiger partial charge in [0, 0.05) is 28.7 Å². The van der Waals surface area contributed by atoms with Crippen molar-refractivity contribution in [2.75, 3.05) is 44.4 Å². The molecule has 0 atom stereocenters. The molecule has 0 aliphatic carbocycles. The number of benzene rings is 3. The van der Waals surface area contributed by atoms with Crippen LogP contribution in [0.15, 0.2) is 71.6 Å². The third kappa shape index (κ3) is 6.13. The predicted molar refractivity (Wildman–Crippen MR) is 147 cm³/mol. The van der Waals surface area contributed by atoms with E-state index >= 15 is 0 Å². The Labute approximate surface area is 229 Å². The number of anilines is 3. The van der Waals surface area contributed by atoms with Crippen molar-refractivity contribution in [1.29, 1.82) is 0 Å². The second kappa shape index (κ2) is 12.3. The molecule has 12 heteroatoms. The maximum absolute atomic E-state index is 12.8. The van der Waals surface area contributed by atoms with Crippen LogP contribution in [0.2, 0.25) is 0 Å². The first-order valence-electron chi connectivity index (χ1n) is 11.8. The number of aromatic nitrogens is 1.